The van der Waals surface area contributed by atoms with Gasteiger partial charge in [0.15, 0.2) is 0 Å². The maximum absolute atomic E-state index is 14.9. The van der Waals surface area contributed by atoms with Crippen molar-refractivity contribution in [3.63, 3.8) is 0 Å². The van der Waals surface area contributed by atoms with Crippen LogP contribution in [0.3, 0.4) is 0 Å². The molecule has 1 N–H and O–H groups in total. The number of rotatable bonds is 3. The Kier molecular flexibility index (Phi) is 5.07. The highest BCUT2D eigenvalue weighted by Gasteiger charge is 2.36. The van der Waals surface area contributed by atoms with E-state index in [0.717, 1.165) is 22.6 Å². The van der Waals surface area contributed by atoms with Crippen molar-refractivity contribution in [1.29, 1.82) is 0 Å². The number of hydrogen-bond acceptors (Lipinski definition) is 3. The molecule has 5 nitrogen and oxygen atoms in total. The van der Waals surface area contributed by atoms with Crippen LogP contribution in [-0.2, 0) is 11.3 Å². The van der Waals surface area contributed by atoms with Crippen LogP contribution in [0.25, 0.3) is 6.08 Å². The molecular weight excluding hydrogens is 400 g/mol. The van der Waals surface area contributed by atoms with Crippen LogP contribution in [0.2, 0.25) is 0 Å². The van der Waals surface area contributed by atoms with Crippen LogP contribution in [0, 0.1) is 11.6 Å². The van der Waals surface area contributed by atoms with Gasteiger partial charge in [-0.3, -0.25) is 9.69 Å². The van der Waals surface area contributed by atoms with Crippen LogP contribution < -0.4 is 10.2 Å². The Morgan fingerprint density at radius 1 is 1.16 bits per heavy atom. The van der Waals surface area contributed by atoms with Gasteiger partial charge in [0.25, 0.3) is 5.91 Å². The fourth-order valence-corrected chi connectivity index (χ4v) is 4.36. The molecule has 4 rings (SSSR count). The van der Waals surface area contributed by atoms with Crippen molar-refractivity contribution in [2.45, 2.75) is 45.2 Å². The number of fused-ring (bicyclic) bond motifs is 1. The number of halogens is 2. The third kappa shape index (κ3) is 3.80. The molecule has 2 heterocycles. The first-order valence-corrected chi connectivity index (χ1v) is 10.2. The van der Waals surface area contributed by atoms with Crippen molar-refractivity contribution in [2.24, 2.45) is 0 Å². The minimum atomic E-state index is -0.589. The summed E-state index contributed by atoms with van der Waals surface area (Å²) in [6, 6.07) is 8.24. The smallest absolute Gasteiger partial charge is 0.329 e. The summed E-state index contributed by atoms with van der Waals surface area (Å²) < 4.78 is 28.0. The van der Waals surface area contributed by atoms with E-state index in [4.69, 9.17) is 0 Å². The monoisotopic (exact) mass is 425 g/mol. The Balaban J connectivity index is 1.63. The number of urea groups is 1. The minimum Gasteiger partial charge on any atom is -0.369 e. The zero-order chi connectivity index (χ0) is 22.5. The molecule has 0 bridgehead atoms. The van der Waals surface area contributed by atoms with E-state index < -0.39 is 23.6 Å². The fourth-order valence-electron chi connectivity index (χ4n) is 4.36. The van der Waals surface area contributed by atoms with Crippen LogP contribution >= 0.6 is 0 Å². The van der Waals surface area contributed by atoms with Gasteiger partial charge in [0, 0.05) is 23.8 Å². The molecule has 1 fully saturated rings. The molecular formula is C24H25F2N3O2. The standard InChI is InChI=1S/C24H25F2N3O2/c1-14-12-24(2,3)28(4)21-11-19(26)16(9-18(14)21)10-20-22(30)29(23(31)27-20)13-15-5-7-17(25)8-6-15/h5-11,14H,12-13H2,1-4H3,(H,27,31)/b20-10+. The molecule has 0 aliphatic carbocycles. The van der Waals surface area contributed by atoms with E-state index in [2.05, 4.69) is 31.0 Å². The second-order valence-electron chi connectivity index (χ2n) is 8.92. The Hall–Kier alpha value is -3.22. The van der Waals surface area contributed by atoms with E-state index in [9.17, 15) is 18.4 Å². The van der Waals surface area contributed by atoms with E-state index in [1.807, 2.05) is 7.05 Å². The summed E-state index contributed by atoms with van der Waals surface area (Å²) in [7, 11) is 1.95. The van der Waals surface area contributed by atoms with Gasteiger partial charge in [-0.15, -0.1) is 0 Å². The number of nitrogens with zero attached hydrogens (tertiary/aromatic N) is 2. The van der Waals surface area contributed by atoms with Crippen LogP contribution in [0.1, 0.15) is 49.8 Å². The SMILES string of the molecule is CC1CC(C)(C)N(C)c2cc(F)c(/C=C3/NC(=O)N(Cc4ccc(F)cc4)C3=O)cc21. The van der Waals surface area contributed by atoms with Gasteiger partial charge in [-0.1, -0.05) is 19.1 Å². The van der Waals surface area contributed by atoms with E-state index in [0.29, 0.717) is 5.56 Å². The van der Waals surface area contributed by atoms with E-state index in [-0.39, 0.29) is 29.3 Å². The number of anilines is 1. The summed E-state index contributed by atoms with van der Waals surface area (Å²) in [5.41, 5.74) is 2.65. The number of nitrogens with one attached hydrogen (secondary N) is 1. The summed E-state index contributed by atoms with van der Waals surface area (Å²) in [5.74, 6) is -1.17. The van der Waals surface area contributed by atoms with Crippen molar-refractivity contribution in [1.82, 2.24) is 10.2 Å². The maximum Gasteiger partial charge on any atom is 0.329 e. The lowest BCUT2D eigenvalue weighted by Crippen LogP contribution is -2.45. The summed E-state index contributed by atoms with van der Waals surface area (Å²) in [6.07, 6.45) is 2.30. The van der Waals surface area contributed by atoms with Crippen LogP contribution in [0.15, 0.2) is 42.1 Å². The maximum atomic E-state index is 14.9. The predicted molar refractivity (Wildman–Crippen MR) is 115 cm³/mol. The van der Waals surface area contributed by atoms with E-state index in [1.165, 1.54) is 36.4 Å². The molecule has 2 aliphatic heterocycles. The molecule has 2 aromatic carbocycles. The minimum absolute atomic E-state index is 0.00582. The first kappa shape index (κ1) is 21.0. The van der Waals surface area contributed by atoms with Crippen molar-refractivity contribution < 1.29 is 18.4 Å². The van der Waals surface area contributed by atoms with Crippen LogP contribution in [0.5, 0.6) is 0 Å². The Labute approximate surface area is 180 Å². The van der Waals surface area contributed by atoms with Crippen molar-refractivity contribution in [3.8, 4) is 0 Å². The van der Waals surface area contributed by atoms with Crippen molar-refractivity contribution >= 4 is 23.7 Å². The molecule has 1 unspecified atom stereocenters. The topological polar surface area (TPSA) is 52.7 Å². The number of benzene rings is 2. The molecule has 2 aromatic rings. The molecule has 0 saturated carbocycles. The first-order valence-electron chi connectivity index (χ1n) is 10.2. The average molecular weight is 425 g/mol. The Morgan fingerprint density at radius 3 is 2.52 bits per heavy atom. The zero-order valence-electron chi connectivity index (χ0n) is 18.0. The Bertz CT molecular complexity index is 1090. The summed E-state index contributed by atoms with van der Waals surface area (Å²) in [6.45, 7) is 6.37. The molecule has 2 aliphatic rings. The van der Waals surface area contributed by atoms with E-state index in [1.54, 1.807) is 6.07 Å². The lowest BCUT2D eigenvalue weighted by atomic mass is 9.80. The largest absolute Gasteiger partial charge is 0.369 e. The molecule has 162 valence electrons. The summed E-state index contributed by atoms with van der Waals surface area (Å²) in [5, 5.41) is 2.52. The van der Waals surface area contributed by atoms with Gasteiger partial charge in [0.2, 0.25) is 0 Å². The third-order valence-electron chi connectivity index (χ3n) is 6.27. The van der Waals surface area contributed by atoms with E-state index >= 15 is 0 Å². The molecule has 0 radical (unpaired) electrons. The van der Waals surface area contributed by atoms with Gasteiger partial charge in [-0.05, 0) is 67.7 Å². The normalized spacial score (nSPS) is 21.5. The lowest BCUT2D eigenvalue weighted by molar-refractivity contribution is -0.123. The summed E-state index contributed by atoms with van der Waals surface area (Å²) in [4.78, 5) is 28.2. The highest BCUT2D eigenvalue weighted by molar-refractivity contribution is 6.13. The lowest BCUT2D eigenvalue weighted by Gasteiger charge is -2.45. The van der Waals surface area contributed by atoms with Crippen LogP contribution in [0.4, 0.5) is 19.3 Å². The van der Waals surface area contributed by atoms with Crippen LogP contribution in [-0.4, -0.2) is 29.4 Å². The fraction of sp³-hybridized carbons (Fsp3) is 0.333. The quantitative estimate of drug-likeness (QED) is 0.569. The number of carbonyl (C=O) groups excluding carboxylic acids is 2. The highest BCUT2D eigenvalue weighted by atomic mass is 19.1. The third-order valence-corrected chi connectivity index (χ3v) is 6.27. The van der Waals surface area contributed by atoms with Crippen molar-refractivity contribution in [2.75, 3.05) is 11.9 Å². The predicted octanol–water partition coefficient (Wildman–Crippen LogP) is 4.78. The molecule has 0 spiro atoms. The second kappa shape index (κ2) is 7.48. The number of hydrogen-bond donors (Lipinski definition) is 1. The molecule has 0 aromatic heterocycles. The average Bonchev–Trinajstić information content (AvgIpc) is 2.96. The Morgan fingerprint density at radius 2 is 1.84 bits per heavy atom. The first-order chi connectivity index (χ1) is 14.6. The second-order valence-corrected chi connectivity index (χ2v) is 8.92. The molecule has 31 heavy (non-hydrogen) atoms. The molecule has 1 atom stereocenters. The van der Waals surface area contributed by atoms with Crippen molar-refractivity contribution in [3.05, 3.63) is 70.4 Å². The van der Waals surface area contributed by atoms with Gasteiger partial charge in [0.1, 0.15) is 17.3 Å². The number of amides is 3. The van der Waals surface area contributed by atoms with Gasteiger partial charge < -0.3 is 10.2 Å². The van der Waals surface area contributed by atoms with Gasteiger partial charge >= 0.3 is 6.03 Å². The number of imide groups is 1. The van der Waals surface area contributed by atoms with Gasteiger partial charge in [-0.25, -0.2) is 13.6 Å². The zero-order valence-corrected chi connectivity index (χ0v) is 18.0. The molecule has 3 amide bonds. The highest BCUT2D eigenvalue weighted by Crippen LogP contribution is 2.43. The molecule has 1 saturated heterocycles. The van der Waals surface area contributed by atoms with Gasteiger partial charge in [0.05, 0.1) is 6.54 Å². The molecule has 7 heteroatoms. The summed E-state index contributed by atoms with van der Waals surface area (Å²) >= 11 is 0. The number of carbonyl (C=O) groups is 2. The van der Waals surface area contributed by atoms with Gasteiger partial charge in [-0.2, -0.15) is 0 Å².